The van der Waals surface area contributed by atoms with Crippen molar-refractivity contribution >= 4 is 11.9 Å². The molecule has 3 heteroatoms. The highest BCUT2D eigenvalue weighted by Gasteiger charge is 2.08. The van der Waals surface area contributed by atoms with Crippen molar-refractivity contribution in [3.63, 3.8) is 0 Å². The second kappa shape index (κ2) is 5.05. The van der Waals surface area contributed by atoms with E-state index < -0.39 is 0 Å². The van der Waals surface area contributed by atoms with Crippen LogP contribution in [0.25, 0.3) is 23.0 Å². The third-order valence-corrected chi connectivity index (χ3v) is 3.18. The number of anilines is 1. The lowest BCUT2D eigenvalue weighted by atomic mass is 10.1. The molecule has 2 aromatic carbocycles. The molecule has 0 radical (unpaired) electrons. The van der Waals surface area contributed by atoms with Gasteiger partial charge in [0.25, 0.3) is 0 Å². The van der Waals surface area contributed by atoms with Crippen molar-refractivity contribution in [1.29, 1.82) is 0 Å². The minimum Gasteiger partial charge on any atom is -0.384 e. The van der Waals surface area contributed by atoms with E-state index in [1.165, 1.54) is 0 Å². The molecule has 1 heterocycles. The smallest absolute Gasteiger partial charge is 0.127 e. The molecule has 0 atom stereocenters. The van der Waals surface area contributed by atoms with E-state index in [9.17, 15) is 0 Å². The summed E-state index contributed by atoms with van der Waals surface area (Å²) in [6.45, 7) is 3.75. The van der Waals surface area contributed by atoms with Gasteiger partial charge in [0.15, 0.2) is 0 Å². The van der Waals surface area contributed by atoms with E-state index in [4.69, 9.17) is 5.73 Å². The van der Waals surface area contributed by atoms with E-state index in [0.717, 1.165) is 22.5 Å². The standard InChI is InChI=1S/C17H15N3/c1-2-13-8-10-14(11-9-13)16-12-17(18)20(19-16)15-6-4-3-5-7-15/h2-12H,1,18H2. The van der Waals surface area contributed by atoms with Crippen LogP contribution < -0.4 is 5.73 Å². The molecule has 20 heavy (non-hydrogen) atoms. The van der Waals surface area contributed by atoms with Crippen LogP contribution in [0.2, 0.25) is 0 Å². The van der Waals surface area contributed by atoms with E-state index in [0.29, 0.717) is 5.82 Å². The van der Waals surface area contributed by atoms with Crippen molar-refractivity contribution in [3.05, 3.63) is 72.8 Å². The third-order valence-electron chi connectivity index (χ3n) is 3.18. The molecule has 0 aliphatic heterocycles. The van der Waals surface area contributed by atoms with Crippen LogP contribution >= 0.6 is 0 Å². The summed E-state index contributed by atoms with van der Waals surface area (Å²) in [5, 5.41) is 4.57. The van der Waals surface area contributed by atoms with Gasteiger partial charge in [0, 0.05) is 11.6 Å². The number of benzene rings is 2. The largest absolute Gasteiger partial charge is 0.384 e. The first-order chi connectivity index (χ1) is 9.78. The monoisotopic (exact) mass is 261 g/mol. The fourth-order valence-electron chi connectivity index (χ4n) is 2.10. The highest BCUT2D eigenvalue weighted by molar-refractivity contribution is 5.65. The Balaban J connectivity index is 2.01. The van der Waals surface area contributed by atoms with Crippen LogP contribution in [0.1, 0.15) is 5.56 Å². The van der Waals surface area contributed by atoms with Gasteiger partial charge in [0.05, 0.1) is 11.4 Å². The number of nitrogen functional groups attached to an aromatic ring is 1. The summed E-state index contributed by atoms with van der Waals surface area (Å²) in [5.41, 5.74) is 10.00. The molecule has 0 aliphatic rings. The van der Waals surface area contributed by atoms with Crippen molar-refractivity contribution in [3.8, 4) is 16.9 Å². The van der Waals surface area contributed by atoms with Crippen molar-refractivity contribution < 1.29 is 0 Å². The fraction of sp³-hybridized carbons (Fsp3) is 0. The number of para-hydroxylation sites is 1. The Bertz CT molecular complexity index is 725. The van der Waals surface area contributed by atoms with Gasteiger partial charge in [-0.25, -0.2) is 4.68 Å². The lowest BCUT2D eigenvalue weighted by Crippen LogP contribution is -2.01. The van der Waals surface area contributed by atoms with Gasteiger partial charge in [-0.15, -0.1) is 0 Å². The summed E-state index contributed by atoms with van der Waals surface area (Å²) in [6, 6.07) is 19.8. The zero-order valence-electron chi connectivity index (χ0n) is 11.0. The molecule has 3 aromatic rings. The average molecular weight is 261 g/mol. The van der Waals surface area contributed by atoms with Gasteiger partial charge in [-0.2, -0.15) is 5.10 Å². The molecule has 0 fully saturated rings. The Morgan fingerprint density at radius 3 is 2.35 bits per heavy atom. The topological polar surface area (TPSA) is 43.8 Å². The average Bonchev–Trinajstić information content (AvgIpc) is 2.90. The normalized spacial score (nSPS) is 10.4. The van der Waals surface area contributed by atoms with E-state index in [1.54, 1.807) is 4.68 Å². The quantitative estimate of drug-likeness (QED) is 0.780. The Kier molecular flexibility index (Phi) is 3.09. The molecule has 0 bridgehead atoms. The molecule has 98 valence electrons. The zero-order valence-corrected chi connectivity index (χ0v) is 11.0. The first-order valence-corrected chi connectivity index (χ1v) is 6.42. The fourth-order valence-corrected chi connectivity index (χ4v) is 2.10. The molecule has 0 spiro atoms. The van der Waals surface area contributed by atoms with Gasteiger partial charge < -0.3 is 5.73 Å². The van der Waals surface area contributed by atoms with Crippen molar-refractivity contribution in [1.82, 2.24) is 9.78 Å². The number of rotatable bonds is 3. The molecule has 0 amide bonds. The summed E-state index contributed by atoms with van der Waals surface area (Å²) >= 11 is 0. The number of aromatic nitrogens is 2. The second-order valence-corrected chi connectivity index (χ2v) is 4.53. The minimum absolute atomic E-state index is 0.624. The predicted molar refractivity (Wildman–Crippen MR) is 83.5 cm³/mol. The third kappa shape index (κ3) is 2.21. The Morgan fingerprint density at radius 2 is 1.70 bits per heavy atom. The van der Waals surface area contributed by atoms with Crippen LogP contribution in [-0.4, -0.2) is 9.78 Å². The predicted octanol–water partition coefficient (Wildman–Crippen LogP) is 3.76. The van der Waals surface area contributed by atoms with Crippen LogP contribution in [0.15, 0.2) is 67.2 Å². The molecule has 0 aliphatic carbocycles. The molecule has 1 aromatic heterocycles. The second-order valence-electron chi connectivity index (χ2n) is 4.53. The van der Waals surface area contributed by atoms with E-state index in [-0.39, 0.29) is 0 Å². The van der Waals surface area contributed by atoms with Crippen molar-refractivity contribution in [2.75, 3.05) is 5.73 Å². The maximum absolute atomic E-state index is 6.05. The summed E-state index contributed by atoms with van der Waals surface area (Å²) in [6.07, 6.45) is 1.82. The van der Waals surface area contributed by atoms with Crippen LogP contribution in [0, 0.1) is 0 Å². The molecule has 3 nitrogen and oxygen atoms in total. The summed E-state index contributed by atoms with van der Waals surface area (Å²) in [5.74, 6) is 0.624. The SMILES string of the molecule is C=Cc1ccc(-c2cc(N)n(-c3ccccc3)n2)cc1. The highest BCUT2D eigenvalue weighted by Crippen LogP contribution is 2.23. The lowest BCUT2D eigenvalue weighted by molar-refractivity contribution is 0.895. The zero-order chi connectivity index (χ0) is 13.9. The molecule has 0 unspecified atom stereocenters. The first-order valence-electron chi connectivity index (χ1n) is 6.42. The van der Waals surface area contributed by atoms with Crippen LogP contribution in [0.3, 0.4) is 0 Å². The van der Waals surface area contributed by atoms with Gasteiger partial charge in [-0.05, 0) is 17.7 Å². The lowest BCUT2D eigenvalue weighted by Gasteiger charge is -2.02. The number of nitrogens with zero attached hydrogens (tertiary/aromatic N) is 2. The van der Waals surface area contributed by atoms with E-state index >= 15 is 0 Å². The van der Waals surface area contributed by atoms with Crippen LogP contribution in [0.4, 0.5) is 5.82 Å². The Morgan fingerprint density at radius 1 is 1.00 bits per heavy atom. The molecule has 2 N–H and O–H groups in total. The first kappa shape index (κ1) is 12.2. The maximum Gasteiger partial charge on any atom is 0.127 e. The van der Waals surface area contributed by atoms with Crippen LogP contribution in [0.5, 0.6) is 0 Å². The maximum atomic E-state index is 6.05. The van der Waals surface area contributed by atoms with Crippen molar-refractivity contribution in [2.24, 2.45) is 0 Å². The summed E-state index contributed by atoms with van der Waals surface area (Å²) in [4.78, 5) is 0. The minimum atomic E-state index is 0.624. The van der Waals surface area contributed by atoms with Gasteiger partial charge >= 0.3 is 0 Å². The summed E-state index contributed by atoms with van der Waals surface area (Å²) in [7, 11) is 0. The van der Waals surface area contributed by atoms with Gasteiger partial charge in [-0.1, -0.05) is 55.1 Å². The highest BCUT2D eigenvalue weighted by atomic mass is 15.3. The van der Waals surface area contributed by atoms with Gasteiger partial charge in [-0.3, -0.25) is 0 Å². The molecular weight excluding hydrogens is 246 g/mol. The van der Waals surface area contributed by atoms with Gasteiger partial charge in [0.1, 0.15) is 5.82 Å². The molecule has 0 saturated heterocycles. The van der Waals surface area contributed by atoms with E-state index in [1.807, 2.05) is 66.7 Å². The van der Waals surface area contributed by atoms with Gasteiger partial charge in [0.2, 0.25) is 0 Å². The molecular formula is C17H15N3. The number of hydrogen-bond acceptors (Lipinski definition) is 2. The Labute approximate surface area is 118 Å². The van der Waals surface area contributed by atoms with Crippen molar-refractivity contribution in [2.45, 2.75) is 0 Å². The number of nitrogens with two attached hydrogens (primary N) is 1. The molecule has 0 saturated carbocycles. The molecule has 3 rings (SSSR count). The van der Waals surface area contributed by atoms with E-state index in [2.05, 4.69) is 11.7 Å². The van der Waals surface area contributed by atoms with Crippen LogP contribution in [-0.2, 0) is 0 Å². The Hall–Kier alpha value is -2.81. The summed E-state index contributed by atoms with van der Waals surface area (Å²) < 4.78 is 1.75. The number of hydrogen-bond donors (Lipinski definition) is 1.